The van der Waals surface area contributed by atoms with Crippen molar-refractivity contribution >= 4 is 0 Å². The first kappa shape index (κ1) is 12.8. The molecular formula is C13H20N4O. The van der Waals surface area contributed by atoms with Gasteiger partial charge in [0.15, 0.2) is 6.39 Å². The molecule has 0 aromatic carbocycles. The fraction of sp³-hybridized carbons (Fsp3) is 0.538. The van der Waals surface area contributed by atoms with Gasteiger partial charge in [-0.25, -0.2) is 9.97 Å². The summed E-state index contributed by atoms with van der Waals surface area (Å²) in [4.78, 5) is 7.99. The van der Waals surface area contributed by atoms with Gasteiger partial charge in [-0.05, 0) is 5.41 Å². The lowest BCUT2D eigenvalue weighted by molar-refractivity contribution is 0.235. The van der Waals surface area contributed by atoms with E-state index in [1.54, 1.807) is 12.4 Å². The van der Waals surface area contributed by atoms with Gasteiger partial charge in [-0.2, -0.15) is 0 Å². The zero-order chi connectivity index (χ0) is 13.0. The van der Waals surface area contributed by atoms with Crippen molar-refractivity contribution < 1.29 is 4.42 Å². The van der Waals surface area contributed by atoms with E-state index in [9.17, 15) is 0 Å². The van der Waals surface area contributed by atoms with Crippen LogP contribution in [0.1, 0.15) is 26.5 Å². The smallest absolute Gasteiger partial charge is 0.180 e. The highest BCUT2D eigenvalue weighted by Crippen LogP contribution is 2.21. The second-order valence-corrected chi connectivity index (χ2v) is 5.53. The monoisotopic (exact) mass is 248 g/mol. The average Bonchev–Trinajstić information content (AvgIpc) is 2.95. The number of nitrogens with one attached hydrogen (secondary N) is 1. The molecule has 2 rings (SSSR count). The highest BCUT2D eigenvalue weighted by atomic mass is 16.3. The van der Waals surface area contributed by atoms with E-state index in [-0.39, 0.29) is 5.41 Å². The number of nitrogens with zero attached hydrogens (tertiary/aromatic N) is 3. The summed E-state index contributed by atoms with van der Waals surface area (Å²) in [6.45, 7) is 8.25. The summed E-state index contributed by atoms with van der Waals surface area (Å²) in [7, 11) is 0. The van der Waals surface area contributed by atoms with Crippen LogP contribution in [0, 0.1) is 5.41 Å². The van der Waals surface area contributed by atoms with Crippen LogP contribution < -0.4 is 5.32 Å². The SMILES string of the molecule is CC(C)(C)C(Cn1ccnc1)NCc1cnco1. The number of rotatable bonds is 5. The van der Waals surface area contributed by atoms with Crippen molar-refractivity contribution in [3.05, 3.63) is 37.1 Å². The molecule has 0 aliphatic heterocycles. The molecule has 0 saturated heterocycles. The maximum absolute atomic E-state index is 5.24. The van der Waals surface area contributed by atoms with Crippen molar-refractivity contribution in [2.24, 2.45) is 5.41 Å². The summed E-state index contributed by atoms with van der Waals surface area (Å²) in [6.07, 6.45) is 8.82. The van der Waals surface area contributed by atoms with Gasteiger partial charge >= 0.3 is 0 Å². The van der Waals surface area contributed by atoms with E-state index in [1.807, 2.05) is 12.5 Å². The molecule has 0 amide bonds. The third-order valence-electron chi connectivity index (χ3n) is 3.00. The van der Waals surface area contributed by atoms with Gasteiger partial charge < -0.3 is 14.3 Å². The maximum atomic E-state index is 5.24. The summed E-state index contributed by atoms with van der Waals surface area (Å²) < 4.78 is 7.33. The summed E-state index contributed by atoms with van der Waals surface area (Å²) in [6, 6.07) is 0.330. The molecule has 0 aliphatic carbocycles. The van der Waals surface area contributed by atoms with E-state index < -0.39 is 0 Å². The zero-order valence-corrected chi connectivity index (χ0v) is 11.1. The number of hydrogen-bond acceptors (Lipinski definition) is 4. The molecule has 1 N–H and O–H groups in total. The lowest BCUT2D eigenvalue weighted by atomic mass is 9.86. The van der Waals surface area contributed by atoms with Gasteiger partial charge in [-0.15, -0.1) is 0 Å². The van der Waals surface area contributed by atoms with Gasteiger partial charge in [-0.1, -0.05) is 20.8 Å². The summed E-state index contributed by atoms with van der Waals surface area (Å²) in [5.41, 5.74) is 0.157. The van der Waals surface area contributed by atoms with Crippen LogP contribution in [0.5, 0.6) is 0 Å². The second-order valence-electron chi connectivity index (χ2n) is 5.53. The molecular weight excluding hydrogens is 228 g/mol. The van der Waals surface area contributed by atoms with Crippen LogP contribution in [0.3, 0.4) is 0 Å². The Morgan fingerprint density at radius 1 is 1.39 bits per heavy atom. The zero-order valence-electron chi connectivity index (χ0n) is 11.1. The number of imidazole rings is 1. The molecule has 0 spiro atoms. The van der Waals surface area contributed by atoms with Gasteiger partial charge in [-0.3, -0.25) is 0 Å². The molecule has 5 heteroatoms. The van der Waals surface area contributed by atoms with Gasteiger partial charge in [0.25, 0.3) is 0 Å². The van der Waals surface area contributed by atoms with Crippen molar-refractivity contribution in [2.75, 3.05) is 0 Å². The highest BCUT2D eigenvalue weighted by Gasteiger charge is 2.24. The lowest BCUT2D eigenvalue weighted by Gasteiger charge is -2.31. The van der Waals surface area contributed by atoms with Crippen molar-refractivity contribution in [3.63, 3.8) is 0 Å². The van der Waals surface area contributed by atoms with Crippen LogP contribution in [0.25, 0.3) is 0 Å². The first-order chi connectivity index (χ1) is 8.55. The number of aromatic nitrogens is 3. The van der Waals surface area contributed by atoms with Crippen molar-refractivity contribution in [1.29, 1.82) is 0 Å². The van der Waals surface area contributed by atoms with Crippen LogP contribution in [0.4, 0.5) is 0 Å². The topological polar surface area (TPSA) is 55.9 Å². The van der Waals surface area contributed by atoms with Gasteiger partial charge in [0, 0.05) is 25.0 Å². The fourth-order valence-electron chi connectivity index (χ4n) is 1.80. The molecule has 2 aromatic heterocycles. The number of oxazole rings is 1. The molecule has 0 aliphatic rings. The van der Waals surface area contributed by atoms with Crippen LogP contribution in [-0.2, 0) is 13.1 Å². The third-order valence-corrected chi connectivity index (χ3v) is 3.00. The summed E-state index contributed by atoms with van der Waals surface area (Å²) >= 11 is 0. The van der Waals surface area contributed by atoms with E-state index in [2.05, 4.69) is 40.6 Å². The predicted octanol–water partition coefficient (Wildman–Crippen LogP) is 2.08. The summed E-state index contributed by atoms with van der Waals surface area (Å²) in [5, 5.41) is 3.52. The van der Waals surface area contributed by atoms with Gasteiger partial charge in [0.2, 0.25) is 0 Å². The molecule has 18 heavy (non-hydrogen) atoms. The van der Waals surface area contributed by atoms with E-state index >= 15 is 0 Å². The Kier molecular flexibility index (Phi) is 3.81. The van der Waals surface area contributed by atoms with E-state index in [1.165, 1.54) is 6.39 Å². The normalized spacial score (nSPS) is 13.7. The second kappa shape index (κ2) is 5.35. The highest BCUT2D eigenvalue weighted by molar-refractivity contribution is 4.91. The first-order valence-electron chi connectivity index (χ1n) is 6.12. The molecule has 0 fully saturated rings. The maximum Gasteiger partial charge on any atom is 0.180 e. The molecule has 2 heterocycles. The largest absolute Gasteiger partial charge is 0.447 e. The van der Waals surface area contributed by atoms with Crippen molar-refractivity contribution in [1.82, 2.24) is 19.9 Å². The van der Waals surface area contributed by atoms with E-state index in [0.717, 1.165) is 12.3 Å². The Labute approximate surface area is 107 Å². The Bertz CT molecular complexity index is 442. The minimum Gasteiger partial charge on any atom is -0.447 e. The summed E-state index contributed by atoms with van der Waals surface area (Å²) in [5.74, 6) is 0.856. The Morgan fingerprint density at radius 3 is 2.78 bits per heavy atom. The molecule has 0 radical (unpaired) electrons. The predicted molar refractivity (Wildman–Crippen MR) is 68.8 cm³/mol. The molecule has 5 nitrogen and oxygen atoms in total. The third kappa shape index (κ3) is 3.43. The Balaban J connectivity index is 1.97. The molecule has 2 aromatic rings. The standard InChI is InChI=1S/C13H20N4O/c1-13(2,3)12(8-17-5-4-14-9-17)16-7-11-6-15-10-18-11/h4-6,9-10,12,16H,7-8H2,1-3H3. The van der Waals surface area contributed by atoms with Gasteiger partial charge in [0.05, 0.1) is 19.1 Å². The van der Waals surface area contributed by atoms with Crippen molar-refractivity contribution in [2.45, 2.75) is 39.9 Å². The molecule has 1 atom stereocenters. The van der Waals surface area contributed by atoms with Crippen LogP contribution in [-0.4, -0.2) is 20.6 Å². The first-order valence-corrected chi connectivity index (χ1v) is 6.12. The minimum atomic E-state index is 0.157. The molecule has 98 valence electrons. The number of hydrogen-bond donors (Lipinski definition) is 1. The van der Waals surface area contributed by atoms with E-state index in [4.69, 9.17) is 4.42 Å². The van der Waals surface area contributed by atoms with Crippen LogP contribution in [0.2, 0.25) is 0 Å². The van der Waals surface area contributed by atoms with Gasteiger partial charge in [0.1, 0.15) is 5.76 Å². The molecule has 1 unspecified atom stereocenters. The minimum absolute atomic E-state index is 0.157. The van der Waals surface area contributed by atoms with Crippen LogP contribution >= 0.6 is 0 Å². The average molecular weight is 248 g/mol. The lowest BCUT2D eigenvalue weighted by Crippen LogP contribution is -2.42. The van der Waals surface area contributed by atoms with E-state index in [0.29, 0.717) is 12.6 Å². The molecule has 0 saturated carbocycles. The fourth-order valence-corrected chi connectivity index (χ4v) is 1.80. The quantitative estimate of drug-likeness (QED) is 0.880. The molecule has 0 bridgehead atoms. The Hall–Kier alpha value is -1.62. The Morgan fingerprint density at radius 2 is 2.22 bits per heavy atom. The van der Waals surface area contributed by atoms with Crippen LogP contribution in [0.15, 0.2) is 35.7 Å². The van der Waals surface area contributed by atoms with Crippen molar-refractivity contribution in [3.8, 4) is 0 Å².